The second-order valence-electron chi connectivity index (χ2n) is 9.73. The SMILES string of the molecule is C(=NC1CCCCC1)=NC1CCCCC1.CCCCCCCCCN=C=NCCN(C)C. The Hall–Kier alpha value is -1.28. The van der Waals surface area contributed by atoms with Crippen molar-refractivity contribution in [3.05, 3.63) is 0 Å². The maximum atomic E-state index is 4.46. The first-order valence-electron chi connectivity index (χ1n) is 13.6. The van der Waals surface area contributed by atoms with E-state index in [4.69, 9.17) is 0 Å². The molecule has 32 heavy (non-hydrogen) atoms. The van der Waals surface area contributed by atoms with Gasteiger partial charge in [0, 0.05) is 13.1 Å². The van der Waals surface area contributed by atoms with Gasteiger partial charge in [0.2, 0.25) is 0 Å². The molecule has 2 rings (SSSR count). The first-order valence-corrected chi connectivity index (χ1v) is 13.6. The Kier molecular flexibility index (Phi) is 19.4. The Morgan fingerprint density at radius 1 is 0.625 bits per heavy atom. The van der Waals surface area contributed by atoms with Gasteiger partial charge in [-0.1, -0.05) is 84.0 Å². The third kappa shape index (κ3) is 18.3. The molecule has 0 aromatic carbocycles. The third-order valence-electron chi connectivity index (χ3n) is 6.30. The van der Waals surface area contributed by atoms with E-state index in [1.54, 1.807) is 0 Å². The molecule has 0 aromatic heterocycles. The van der Waals surface area contributed by atoms with Gasteiger partial charge in [-0.2, -0.15) is 0 Å². The van der Waals surface area contributed by atoms with E-state index in [0.29, 0.717) is 12.1 Å². The average molecular weight is 446 g/mol. The maximum Gasteiger partial charge on any atom is 0.0898 e. The number of nitrogens with zero attached hydrogens (tertiary/aromatic N) is 5. The molecular formula is C27H51N5. The monoisotopic (exact) mass is 445 g/mol. The first-order chi connectivity index (χ1) is 15.7. The summed E-state index contributed by atoms with van der Waals surface area (Å²) < 4.78 is 0. The molecule has 0 saturated heterocycles. The van der Waals surface area contributed by atoms with Gasteiger partial charge in [0.05, 0.1) is 30.6 Å². The Labute approximate surface area is 199 Å². The molecule has 0 aliphatic heterocycles. The van der Waals surface area contributed by atoms with E-state index in [-0.39, 0.29) is 0 Å². The minimum Gasteiger partial charge on any atom is -0.308 e. The molecule has 0 N–H and O–H groups in total. The molecule has 0 atom stereocenters. The molecule has 0 amide bonds. The molecule has 0 bridgehead atoms. The lowest BCUT2D eigenvalue weighted by Gasteiger charge is -2.17. The molecule has 5 heteroatoms. The number of aliphatic imine (C=N–C) groups is 4. The average Bonchev–Trinajstić information content (AvgIpc) is 2.81. The molecule has 0 aromatic rings. The van der Waals surface area contributed by atoms with Crippen LogP contribution < -0.4 is 0 Å². The van der Waals surface area contributed by atoms with Gasteiger partial charge in [-0.15, -0.1) is 0 Å². The van der Waals surface area contributed by atoms with Crippen LogP contribution in [0.3, 0.4) is 0 Å². The molecular weight excluding hydrogens is 394 g/mol. The van der Waals surface area contributed by atoms with Crippen LogP contribution >= 0.6 is 0 Å². The zero-order chi connectivity index (χ0) is 23.1. The number of hydrogen-bond donors (Lipinski definition) is 0. The van der Waals surface area contributed by atoms with Gasteiger partial charge in [-0.05, 0) is 46.2 Å². The van der Waals surface area contributed by atoms with E-state index in [0.717, 1.165) is 19.6 Å². The standard InChI is InChI=1S/C14H29N3.C13H22N2/c1-4-5-6-7-8-9-10-11-15-14-16-12-13-17(2)3;1-3-7-12(8-4-1)14-11-15-13-9-5-2-6-10-13/h4-13H2,1-3H3;12-13H,1-10H2. The van der Waals surface area contributed by atoms with Crippen molar-refractivity contribution < 1.29 is 0 Å². The minimum atomic E-state index is 0.533. The molecule has 0 spiro atoms. The topological polar surface area (TPSA) is 52.7 Å². The van der Waals surface area contributed by atoms with Crippen molar-refractivity contribution in [2.75, 3.05) is 33.7 Å². The molecule has 2 fully saturated rings. The van der Waals surface area contributed by atoms with Gasteiger partial charge in [0.25, 0.3) is 0 Å². The fraction of sp³-hybridized carbons (Fsp3) is 0.926. The second-order valence-corrected chi connectivity index (χ2v) is 9.73. The van der Waals surface area contributed by atoms with Crippen LogP contribution in [-0.4, -0.2) is 62.7 Å². The van der Waals surface area contributed by atoms with E-state index in [9.17, 15) is 0 Å². The molecule has 0 unspecified atom stereocenters. The summed E-state index contributed by atoms with van der Waals surface area (Å²) in [7, 11) is 4.09. The Bertz CT molecular complexity index is 510. The number of unbranched alkanes of at least 4 members (excludes halogenated alkanes) is 6. The van der Waals surface area contributed by atoms with Crippen molar-refractivity contribution >= 4 is 12.0 Å². The van der Waals surface area contributed by atoms with Crippen molar-refractivity contribution in [1.82, 2.24) is 4.90 Å². The Morgan fingerprint density at radius 3 is 1.66 bits per heavy atom. The lowest BCUT2D eigenvalue weighted by Crippen LogP contribution is -2.15. The van der Waals surface area contributed by atoms with Gasteiger partial charge in [0.1, 0.15) is 0 Å². The van der Waals surface area contributed by atoms with E-state index >= 15 is 0 Å². The van der Waals surface area contributed by atoms with Crippen molar-refractivity contribution in [2.45, 2.75) is 128 Å². The number of rotatable bonds is 13. The molecule has 2 aliphatic rings. The van der Waals surface area contributed by atoms with Crippen LogP contribution in [-0.2, 0) is 0 Å². The van der Waals surface area contributed by atoms with Crippen LogP contribution in [0.25, 0.3) is 0 Å². The summed E-state index contributed by atoms with van der Waals surface area (Å²) in [4.78, 5) is 19.3. The van der Waals surface area contributed by atoms with Crippen LogP contribution in [0, 0.1) is 0 Å². The van der Waals surface area contributed by atoms with Crippen molar-refractivity contribution in [3.63, 3.8) is 0 Å². The Balaban J connectivity index is 0.000000321. The molecule has 5 nitrogen and oxygen atoms in total. The predicted molar refractivity (Wildman–Crippen MR) is 140 cm³/mol. The van der Waals surface area contributed by atoms with Crippen LogP contribution in [0.1, 0.15) is 116 Å². The predicted octanol–water partition coefficient (Wildman–Crippen LogP) is 7.30. The van der Waals surface area contributed by atoms with Crippen LogP contribution in [0.2, 0.25) is 0 Å². The fourth-order valence-corrected chi connectivity index (χ4v) is 4.16. The van der Waals surface area contributed by atoms with E-state index in [1.165, 1.54) is 109 Å². The van der Waals surface area contributed by atoms with Crippen molar-refractivity contribution in [1.29, 1.82) is 0 Å². The Morgan fingerprint density at radius 2 is 1.12 bits per heavy atom. The van der Waals surface area contributed by atoms with Crippen molar-refractivity contribution in [2.24, 2.45) is 20.0 Å². The zero-order valence-corrected chi connectivity index (χ0v) is 21.5. The quantitative estimate of drug-likeness (QED) is 0.217. The second kappa shape index (κ2) is 21.6. The van der Waals surface area contributed by atoms with Gasteiger partial charge < -0.3 is 4.90 Å². The number of hydrogen-bond acceptors (Lipinski definition) is 5. The molecule has 2 aliphatic carbocycles. The summed E-state index contributed by atoms with van der Waals surface area (Å²) >= 11 is 0. The highest BCUT2D eigenvalue weighted by atomic mass is 15.1. The van der Waals surface area contributed by atoms with Gasteiger partial charge in [0.15, 0.2) is 0 Å². The smallest absolute Gasteiger partial charge is 0.0898 e. The third-order valence-corrected chi connectivity index (χ3v) is 6.30. The van der Waals surface area contributed by atoms with E-state index in [1.807, 2.05) is 14.1 Å². The number of likely N-dealkylation sites (N-methyl/N-ethyl adjacent to an activating group) is 1. The highest BCUT2D eigenvalue weighted by molar-refractivity contribution is 5.42. The summed E-state index contributed by atoms with van der Waals surface area (Å²) in [5.74, 6) is 0. The molecule has 2 saturated carbocycles. The van der Waals surface area contributed by atoms with Crippen LogP contribution in [0.4, 0.5) is 0 Å². The van der Waals surface area contributed by atoms with E-state index in [2.05, 4.69) is 43.8 Å². The van der Waals surface area contributed by atoms with Crippen molar-refractivity contribution in [3.8, 4) is 0 Å². The molecule has 184 valence electrons. The highest BCUT2D eigenvalue weighted by Crippen LogP contribution is 2.21. The fourth-order valence-electron chi connectivity index (χ4n) is 4.16. The summed E-state index contributed by atoms with van der Waals surface area (Å²) in [6, 6.07) is 6.82. The normalized spacial score (nSPS) is 17.0. The molecule has 0 radical (unpaired) electrons. The molecule has 0 heterocycles. The lowest BCUT2D eigenvalue weighted by molar-refractivity contribution is 0.421. The minimum absolute atomic E-state index is 0.533. The van der Waals surface area contributed by atoms with Crippen LogP contribution in [0.5, 0.6) is 0 Å². The van der Waals surface area contributed by atoms with Gasteiger partial charge in [-0.3, -0.25) is 0 Å². The van der Waals surface area contributed by atoms with Crippen LogP contribution in [0.15, 0.2) is 20.0 Å². The van der Waals surface area contributed by atoms with E-state index < -0.39 is 0 Å². The first kappa shape index (κ1) is 28.8. The van der Waals surface area contributed by atoms with Gasteiger partial charge in [-0.25, -0.2) is 20.0 Å². The largest absolute Gasteiger partial charge is 0.308 e. The summed E-state index contributed by atoms with van der Waals surface area (Å²) in [5, 5.41) is 0. The lowest BCUT2D eigenvalue weighted by atomic mass is 9.96. The zero-order valence-electron chi connectivity index (χ0n) is 21.5. The summed E-state index contributed by atoms with van der Waals surface area (Å²) in [6.45, 7) is 4.91. The highest BCUT2D eigenvalue weighted by Gasteiger charge is 2.12. The summed E-state index contributed by atoms with van der Waals surface area (Å²) in [5.41, 5.74) is 0. The summed E-state index contributed by atoms with van der Waals surface area (Å²) in [6.07, 6.45) is 22.5. The van der Waals surface area contributed by atoms with Gasteiger partial charge >= 0.3 is 0 Å². The maximum absolute atomic E-state index is 4.46.